The van der Waals surface area contributed by atoms with E-state index >= 15 is 0 Å². The Labute approximate surface area is 83.3 Å². The van der Waals surface area contributed by atoms with Gasteiger partial charge in [-0.1, -0.05) is 37.3 Å². The molecule has 0 saturated carbocycles. The average molecular weight is 198 g/mol. The molecular formula is C11H15FO2. The Morgan fingerprint density at radius 2 is 2.00 bits per heavy atom. The molecule has 1 rings (SSSR count). The Hall–Kier alpha value is -0.930. The van der Waals surface area contributed by atoms with Gasteiger partial charge in [0, 0.05) is 5.92 Å². The molecule has 0 fully saturated rings. The molecule has 0 aliphatic rings. The Morgan fingerprint density at radius 1 is 1.36 bits per heavy atom. The van der Waals surface area contributed by atoms with Gasteiger partial charge in [0.1, 0.15) is 0 Å². The van der Waals surface area contributed by atoms with E-state index in [1.165, 1.54) is 0 Å². The first-order chi connectivity index (χ1) is 6.74. The highest BCUT2D eigenvalue weighted by Crippen LogP contribution is 2.12. The summed E-state index contributed by atoms with van der Waals surface area (Å²) in [5.41, 5.74) is 1.11. The molecule has 0 bridgehead atoms. The van der Waals surface area contributed by atoms with E-state index < -0.39 is 13.2 Å². The van der Waals surface area contributed by atoms with Crippen LogP contribution in [-0.2, 0) is 11.2 Å². The Morgan fingerprint density at radius 3 is 2.57 bits per heavy atom. The Bertz CT molecular complexity index is 251. The number of benzene rings is 1. The highest BCUT2D eigenvalue weighted by Gasteiger charge is 2.14. The van der Waals surface area contributed by atoms with Gasteiger partial charge in [0.25, 0.3) is 0 Å². The number of aliphatic hydroxyl groups excluding tert-OH is 1. The first-order valence-corrected chi connectivity index (χ1v) is 4.63. The molecule has 2 nitrogen and oxygen atoms in total. The van der Waals surface area contributed by atoms with Gasteiger partial charge in [-0.15, -0.1) is 0 Å². The molecule has 0 spiro atoms. The maximum Gasteiger partial charge on any atom is 0.191 e. The fourth-order valence-corrected chi connectivity index (χ4v) is 1.32. The standard InChI is InChI=1S/C11H15FO2/c1-9(11(13)14-8-12)7-10-5-3-2-4-6-10/h2-6,9,11,13H,7-8H2,1H3. The second-order valence-electron chi connectivity index (χ2n) is 3.33. The average Bonchev–Trinajstić information content (AvgIpc) is 2.19. The molecule has 78 valence electrons. The zero-order valence-corrected chi connectivity index (χ0v) is 8.19. The van der Waals surface area contributed by atoms with E-state index in [2.05, 4.69) is 4.74 Å². The molecule has 14 heavy (non-hydrogen) atoms. The van der Waals surface area contributed by atoms with Crippen molar-refractivity contribution < 1.29 is 14.2 Å². The Kier molecular flexibility index (Phi) is 4.56. The van der Waals surface area contributed by atoms with E-state index in [0.717, 1.165) is 5.56 Å². The summed E-state index contributed by atoms with van der Waals surface area (Å²) in [5, 5.41) is 9.32. The monoisotopic (exact) mass is 198 g/mol. The maximum absolute atomic E-state index is 11.8. The first-order valence-electron chi connectivity index (χ1n) is 4.63. The van der Waals surface area contributed by atoms with Crippen LogP contribution in [0, 0.1) is 5.92 Å². The van der Waals surface area contributed by atoms with E-state index in [1.807, 2.05) is 37.3 Å². The van der Waals surface area contributed by atoms with Crippen molar-refractivity contribution in [1.29, 1.82) is 0 Å². The number of hydrogen-bond donors (Lipinski definition) is 1. The predicted molar refractivity (Wildman–Crippen MR) is 52.4 cm³/mol. The van der Waals surface area contributed by atoms with Crippen molar-refractivity contribution in [3.05, 3.63) is 35.9 Å². The lowest BCUT2D eigenvalue weighted by Gasteiger charge is -2.17. The molecule has 0 heterocycles. The number of halogens is 1. The highest BCUT2D eigenvalue weighted by atomic mass is 19.1. The molecule has 0 saturated heterocycles. The topological polar surface area (TPSA) is 29.5 Å². The Balaban J connectivity index is 2.44. The van der Waals surface area contributed by atoms with Crippen LogP contribution in [0.25, 0.3) is 0 Å². The zero-order valence-electron chi connectivity index (χ0n) is 8.19. The van der Waals surface area contributed by atoms with Gasteiger partial charge in [0.15, 0.2) is 13.2 Å². The quantitative estimate of drug-likeness (QED) is 0.734. The largest absolute Gasteiger partial charge is 0.368 e. The van der Waals surface area contributed by atoms with E-state index in [-0.39, 0.29) is 5.92 Å². The molecule has 0 aliphatic carbocycles. The molecular weight excluding hydrogens is 183 g/mol. The van der Waals surface area contributed by atoms with Crippen LogP contribution in [-0.4, -0.2) is 18.3 Å². The molecule has 0 amide bonds. The van der Waals surface area contributed by atoms with Crippen molar-refractivity contribution in [2.24, 2.45) is 5.92 Å². The third kappa shape index (κ3) is 3.44. The van der Waals surface area contributed by atoms with E-state index in [1.54, 1.807) is 0 Å². The van der Waals surface area contributed by atoms with Crippen molar-refractivity contribution >= 4 is 0 Å². The summed E-state index contributed by atoms with van der Waals surface area (Å²) >= 11 is 0. The van der Waals surface area contributed by atoms with Crippen molar-refractivity contribution in [3.63, 3.8) is 0 Å². The van der Waals surface area contributed by atoms with Gasteiger partial charge in [0.05, 0.1) is 0 Å². The SMILES string of the molecule is CC(Cc1ccccc1)C(O)OCF. The van der Waals surface area contributed by atoms with Crippen molar-refractivity contribution in [3.8, 4) is 0 Å². The van der Waals surface area contributed by atoms with Crippen LogP contribution in [0.4, 0.5) is 4.39 Å². The lowest BCUT2D eigenvalue weighted by atomic mass is 10.0. The minimum Gasteiger partial charge on any atom is -0.368 e. The normalized spacial score (nSPS) is 15.1. The summed E-state index contributed by atoms with van der Waals surface area (Å²) in [6.07, 6.45) is -0.345. The predicted octanol–water partition coefficient (Wildman–Crippen LogP) is 2.13. The summed E-state index contributed by atoms with van der Waals surface area (Å²) in [7, 11) is 0. The molecule has 0 aromatic heterocycles. The number of hydrogen-bond acceptors (Lipinski definition) is 2. The lowest BCUT2D eigenvalue weighted by Crippen LogP contribution is -2.22. The number of aliphatic hydroxyl groups is 1. The molecule has 3 heteroatoms. The highest BCUT2D eigenvalue weighted by molar-refractivity contribution is 5.15. The zero-order chi connectivity index (χ0) is 10.4. The fourth-order valence-electron chi connectivity index (χ4n) is 1.32. The van der Waals surface area contributed by atoms with Gasteiger partial charge in [-0.05, 0) is 12.0 Å². The fraction of sp³-hybridized carbons (Fsp3) is 0.455. The van der Waals surface area contributed by atoms with Crippen LogP contribution in [0.1, 0.15) is 12.5 Å². The molecule has 0 aliphatic heterocycles. The lowest BCUT2D eigenvalue weighted by molar-refractivity contribution is -0.154. The van der Waals surface area contributed by atoms with Gasteiger partial charge in [-0.25, -0.2) is 4.39 Å². The smallest absolute Gasteiger partial charge is 0.191 e. The molecule has 1 N–H and O–H groups in total. The van der Waals surface area contributed by atoms with E-state index in [0.29, 0.717) is 6.42 Å². The van der Waals surface area contributed by atoms with Gasteiger partial charge in [-0.3, -0.25) is 0 Å². The summed E-state index contributed by atoms with van der Waals surface area (Å²) < 4.78 is 16.2. The third-order valence-corrected chi connectivity index (χ3v) is 2.12. The van der Waals surface area contributed by atoms with Crippen LogP contribution in [0.3, 0.4) is 0 Å². The van der Waals surface area contributed by atoms with E-state index in [9.17, 15) is 9.50 Å². The summed E-state index contributed by atoms with van der Waals surface area (Å²) in [5.74, 6) is -0.104. The van der Waals surface area contributed by atoms with Crippen LogP contribution < -0.4 is 0 Å². The second-order valence-corrected chi connectivity index (χ2v) is 3.33. The number of rotatable bonds is 5. The molecule has 1 aromatic rings. The molecule has 1 aromatic carbocycles. The molecule has 2 atom stereocenters. The first kappa shape index (κ1) is 11.1. The molecule has 0 radical (unpaired) electrons. The number of alkyl halides is 1. The summed E-state index contributed by atoms with van der Waals surface area (Å²) in [4.78, 5) is 0. The number of ether oxygens (including phenoxy) is 1. The van der Waals surface area contributed by atoms with Crippen LogP contribution in [0.5, 0.6) is 0 Å². The van der Waals surface area contributed by atoms with Crippen molar-refractivity contribution in [1.82, 2.24) is 0 Å². The van der Waals surface area contributed by atoms with Gasteiger partial charge < -0.3 is 9.84 Å². The maximum atomic E-state index is 11.8. The van der Waals surface area contributed by atoms with Crippen molar-refractivity contribution in [2.75, 3.05) is 6.86 Å². The van der Waals surface area contributed by atoms with Crippen LogP contribution in [0.15, 0.2) is 30.3 Å². The minimum atomic E-state index is -1.03. The van der Waals surface area contributed by atoms with Crippen LogP contribution >= 0.6 is 0 Å². The third-order valence-electron chi connectivity index (χ3n) is 2.12. The van der Waals surface area contributed by atoms with Gasteiger partial charge in [-0.2, -0.15) is 0 Å². The molecule has 2 unspecified atom stereocenters. The minimum absolute atomic E-state index is 0.104. The van der Waals surface area contributed by atoms with Crippen molar-refractivity contribution in [2.45, 2.75) is 19.6 Å². The second kappa shape index (κ2) is 5.73. The van der Waals surface area contributed by atoms with E-state index in [4.69, 9.17) is 0 Å². The summed E-state index contributed by atoms with van der Waals surface area (Å²) in [6, 6.07) is 9.74. The van der Waals surface area contributed by atoms with Gasteiger partial charge >= 0.3 is 0 Å². The summed E-state index contributed by atoms with van der Waals surface area (Å²) in [6.45, 7) is 0.883. The van der Waals surface area contributed by atoms with Gasteiger partial charge in [0.2, 0.25) is 0 Å². The van der Waals surface area contributed by atoms with Crippen LogP contribution in [0.2, 0.25) is 0 Å².